The standard InChI is InChI=1S/C24H28FN5O3/c1-24(23(33)28-17-4-2-3-5-17)13-29-14-27-19(20(29)22(32)30(24)18-10-11-18)21(31)26-12-15-6-8-16(25)9-7-15/h6-9,14,17-18H,2-5,10-13H2,1H3,(H,26,31)(H,28,33)/t24-/m1/s1. The first-order valence-corrected chi connectivity index (χ1v) is 11.6. The molecule has 1 atom stereocenters. The average molecular weight is 454 g/mol. The summed E-state index contributed by atoms with van der Waals surface area (Å²) in [4.78, 5) is 45.7. The molecule has 0 bridgehead atoms. The summed E-state index contributed by atoms with van der Waals surface area (Å²) in [6.07, 6.45) is 7.30. The molecule has 33 heavy (non-hydrogen) atoms. The highest BCUT2D eigenvalue weighted by Gasteiger charge is 2.54. The monoisotopic (exact) mass is 453 g/mol. The molecule has 3 aliphatic rings. The van der Waals surface area contributed by atoms with E-state index in [1.165, 1.54) is 18.5 Å². The number of amides is 3. The van der Waals surface area contributed by atoms with Crippen molar-refractivity contribution in [3.8, 4) is 0 Å². The van der Waals surface area contributed by atoms with Crippen LogP contribution in [0.5, 0.6) is 0 Å². The van der Waals surface area contributed by atoms with Crippen LogP contribution in [-0.2, 0) is 17.9 Å². The largest absolute Gasteiger partial charge is 0.351 e. The maximum absolute atomic E-state index is 13.6. The van der Waals surface area contributed by atoms with Crippen LogP contribution in [0.4, 0.5) is 4.39 Å². The lowest BCUT2D eigenvalue weighted by Gasteiger charge is -2.44. The van der Waals surface area contributed by atoms with Crippen molar-refractivity contribution in [2.75, 3.05) is 0 Å². The summed E-state index contributed by atoms with van der Waals surface area (Å²) in [5.74, 6) is -1.30. The lowest BCUT2D eigenvalue weighted by molar-refractivity contribution is -0.134. The Morgan fingerprint density at radius 3 is 2.52 bits per heavy atom. The van der Waals surface area contributed by atoms with Gasteiger partial charge in [0.15, 0.2) is 5.69 Å². The summed E-state index contributed by atoms with van der Waals surface area (Å²) < 4.78 is 14.7. The summed E-state index contributed by atoms with van der Waals surface area (Å²) >= 11 is 0. The molecule has 2 heterocycles. The topological polar surface area (TPSA) is 96.3 Å². The van der Waals surface area contributed by atoms with Crippen molar-refractivity contribution < 1.29 is 18.8 Å². The van der Waals surface area contributed by atoms with E-state index in [4.69, 9.17) is 0 Å². The number of benzene rings is 1. The molecule has 1 aliphatic heterocycles. The fraction of sp³-hybridized carbons (Fsp3) is 0.500. The molecule has 8 nitrogen and oxygen atoms in total. The van der Waals surface area contributed by atoms with Crippen LogP contribution in [0, 0.1) is 5.82 Å². The van der Waals surface area contributed by atoms with Gasteiger partial charge >= 0.3 is 0 Å². The Morgan fingerprint density at radius 2 is 1.85 bits per heavy atom. The first kappa shape index (κ1) is 21.6. The fourth-order valence-electron chi connectivity index (χ4n) is 5.00. The molecule has 5 rings (SSSR count). The zero-order valence-corrected chi connectivity index (χ0v) is 18.6. The molecule has 1 aromatic heterocycles. The number of imidazole rings is 1. The van der Waals surface area contributed by atoms with Gasteiger partial charge in [-0.05, 0) is 50.3 Å². The SMILES string of the molecule is C[C@]1(C(=O)NC2CCCC2)Cn2cnc(C(=O)NCc3ccc(F)cc3)c2C(=O)N1C1CC1. The van der Waals surface area contributed by atoms with Crippen LogP contribution in [-0.4, -0.2) is 49.8 Å². The minimum absolute atomic E-state index is 0.00407. The molecule has 0 unspecified atom stereocenters. The molecule has 2 aromatic rings. The highest BCUT2D eigenvalue weighted by Crippen LogP contribution is 2.39. The zero-order chi connectivity index (χ0) is 23.2. The van der Waals surface area contributed by atoms with Crippen LogP contribution in [0.2, 0.25) is 0 Å². The fourth-order valence-corrected chi connectivity index (χ4v) is 5.00. The van der Waals surface area contributed by atoms with Crippen molar-refractivity contribution in [3.63, 3.8) is 0 Å². The molecule has 2 aliphatic carbocycles. The van der Waals surface area contributed by atoms with E-state index in [1.807, 2.05) is 6.92 Å². The van der Waals surface area contributed by atoms with Gasteiger partial charge in [-0.15, -0.1) is 0 Å². The van der Waals surface area contributed by atoms with Crippen molar-refractivity contribution in [2.24, 2.45) is 0 Å². The molecule has 2 fully saturated rings. The maximum atomic E-state index is 13.6. The second kappa shape index (κ2) is 8.28. The first-order valence-electron chi connectivity index (χ1n) is 11.6. The van der Waals surface area contributed by atoms with Crippen LogP contribution in [0.3, 0.4) is 0 Å². The Morgan fingerprint density at radius 1 is 1.15 bits per heavy atom. The lowest BCUT2D eigenvalue weighted by Crippen LogP contribution is -2.65. The van der Waals surface area contributed by atoms with Crippen LogP contribution in [0.25, 0.3) is 0 Å². The third kappa shape index (κ3) is 4.00. The molecular formula is C24H28FN5O3. The number of rotatable bonds is 6. The Hall–Kier alpha value is -3.23. The second-order valence-electron chi connectivity index (χ2n) is 9.51. The predicted octanol–water partition coefficient (Wildman–Crippen LogP) is 2.39. The first-order chi connectivity index (χ1) is 15.9. The van der Waals surface area contributed by atoms with E-state index in [2.05, 4.69) is 15.6 Å². The maximum Gasteiger partial charge on any atom is 0.274 e. The van der Waals surface area contributed by atoms with E-state index in [0.29, 0.717) is 0 Å². The molecule has 0 radical (unpaired) electrons. The van der Waals surface area contributed by atoms with Gasteiger partial charge in [0.05, 0.1) is 12.9 Å². The van der Waals surface area contributed by atoms with E-state index < -0.39 is 11.4 Å². The molecule has 0 spiro atoms. The number of hydrogen-bond donors (Lipinski definition) is 2. The summed E-state index contributed by atoms with van der Waals surface area (Å²) in [6, 6.07) is 5.99. The van der Waals surface area contributed by atoms with Crippen molar-refractivity contribution in [1.82, 2.24) is 25.1 Å². The number of fused-ring (bicyclic) bond motifs is 1. The Labute approximate surface area is 191 Å². The number of aromatic nitrogens is 2. The number of carbonyl (C=O) groups is 3. The van der Waals surface area contributed by atoms with Gasteiger partial charge in [0.2, 0.25) is 5.91 Å². The molecule has 174 valence electrons. The van der Waals surface area contributed by atoms with Gasteiger partial charge in [0.25, 0.3) is 11.8 Å². The quantitative estimate of drug-likeness (QED) is 0.702. The van der Waals surface area contributed by atoms with Crippen molar-refractivity contribution in [2.45, 2.75) is 76.2 Å². The Balaban J connectivity index is 1.38. The van der Waals surface area contributed by atoms with E-state index in [0.717, 1.165) is 44.1 Å². The van der Waals surface area contributed by atoms with Crippen LogP contribution in [0.15, 0.2) is 30.6 Å². The number of nitrogens with one attached hydrogen (secondary N) is 2. The summed E-state index contributed by atoms with van der Waals surface area (Å²) in [6.45, 7) is 2.25. The van der Waals surface area contributed by atoms with Crippen molar-refractivity contribution in [1.29, 1.82) is 0 Å². The van der Waals surface area contributed by atoms with Gasteiger partial charge < -0.3 is 20.1 Å². The van der Waals surface area contributed by atoms with E-state index >= 15 is 0 Å². The minimum atomic E-state index is -1.03. The van der Waals surface area contributed by atoms with Gasteiger partial charge in [-0.2, -0.15) is 0 Å². The molecule has 1 aromatic carbocycles. The number of halogens is 1. The van der Waals surface area contributed by atoms with Gasteiger partial charge in [-0.1, -0.05) is 25.0 Å². The smallest absolute Gasteiger partial charge is 0.274 e. The number of nitrogens with zero attached hydrogens (tertiary/aromatic N) is 3. The molecular weight excluding hydrogens is 425 g/mol. The van der Waals surface area contributed by atoms with Gasteiger partial charge in [-0.3, -0.25) is 14.4 Å². The van der Waals surface area contributed by atoms with E-state index in [9.17, 15) is 18.8 Å². The van der Waals surface area contributed by atoms with Crippen LogP contribution < -0.4 is 10.6 Å². The summed E-state index contributed by atoms with van der Waals surface area (Å²) in [5.41, 5.74) is -0.0354. The van der Waals surface area contributed by atoms with E-state index in [1.54, 1.807) is 21.6 Å². The van der Waals surface area contributed by atoms with Gasteiger partial charge in [0.1, 0.15) is 17.1 Å². The van der Waals surface area contributed by atoms with Crippen LogP contribution >= 0.6 is 0 Å². The Bertz CT molecular complexity index is 1090. The minimum Gasteiger partial charge on any atom is -0.351 e. The molecule has 0 saturated heterocycles. The highest BCUT2D eigenvalue weighted by molar-refractivity contribution is 6.07. The average Bonchev–Trinajstić information content (AvgIpc) is 3.30. The molecule has 2 N–H and O–H groups in total. The Kier molecular flexibility index (Phi) is 5.42. The summed E-state index contributed by atoms with van der Waals surface area (Å²) in [5, 5.41) is 5.91. The zero-order valence-electron chi connectivity index (χ0n) is 18.6. The van der Waals surface area contributed by atoms with Gasteiger partial charge in [-0.25, -0.2) is 9.37 Å². The normalized spacial score (nSPS) is 22.8. The third-order valence-electron chi connectivity index (χ3n) is 6.94. The van der Waals surface area contributed by atoms with Crippen molar-refractivity contribution >= 4 is 17.7 Å². The molecule has 2 saturated carbocycles. The lowest BCUT2D eigenvalue weighted by atomic mass is 9.93. The molecule has 9 heteroatoms. The second-order valence-corrected chi connectivity index (χ2v) is 9.51. The molecule has 3 amide bonds. The highest BCUT2D eigenvalue weighted by atomic mass is 19.1. The third-order valence-corrected chi connectivity index (χ3v) is 6.94. The van der Waals surface area contributed by atoms with Crippen LogP contribution in [0.1, 0.15) is 72.0 Å². The summed E-state index contributed by atoms with van der Waals surface area (Å²) in [7, 11) is 0. The predicted molar refractivity (Wildman–Crippen MR) is 118 cm³/mol. The van der Waals surface area contributed by atoms with Crippen molar-refractivity contribution in [3.05, 3.63) is 53.4 Å². The number of carbonyl (C=O) groups excluding carboxylic acids is 3. The van der Waals surface area contributed by atoms with E-state index in [-0.39, 0.29) is 54.2 Å². The van der Waals surface area contributed by atoms with Gasteiger partial charge in [0, 0.05) is 18.6 Å². The number of hydrogen-bond acceptors (Lipinski definition) is 4.